The summed E-state index contributed by atoms with van der Waals surface area (Å²) in [4.78, 5) is 25.7. The largest absolute Gasteiger partial charge is 0.353 e. The lowest BCUT2D eigenvalue weighted by atomic mass is 10.1. The van der Waals surface area contributed by atoms with Crippen LogP contribution in [0.3, 0.4) is 0 Å². The molecule has 1 amide bonds. The number of carbonyl (C=O) groups is 1. The van der Waals surface area contributed by atoms with Gasteiger partial charge in [0.25, 0.3) is 11.5 Å². The number of nitrogens with one attached hydrogen (secondary N) is 1. The molecule has 0 saturated heterocycles. The van der Waals surface area contributed by atoms with Crippen molar-refractivity contribution in [2.24, 2.45) is 0 Å². The molecular weight excluding hydrogens is 359 g/mol. The maximum absolute atomic E-state index is 13.9. The van der Waals surface area contributed by atoms with Crippen molar-refractivity contribution in [2.75, 3.05) is 5.32 Å². The fraction of sp³-hybridized carbons (Fsp3) is 0.0952. The third kappa shape index (κ3) is 3.07. The molecule has 0 fully saturated rings. The predicted octanol–water partition coefficient (Wildman–Crippen LogP) is 3.55. The van der Waals surface area contributed by atoms with E-state index in [1.165, 1.54) is 16.8 Å². The summed E-state index contributed by atoms with van der Waals surface area (Å²) in [7, 11) is 0. The Morgan fingerprint density at radius 1 is 1.07 bits per heavy atom. The van der Waals surface area contributed by atoms with Gasteiger partial charge in [-0.05, 0) is 31.2 Å². The first-order valence-corrected chi connectivity index (χ1v) is 8.82. The standard InChI is InChI=1S/C21H17FN4O2/c1-2-25-12-15(20(27)23-18-11-7-6-10-17(18)22)19-16(13-25)21(28)26(24-19)14-8-4-3-5-9-14/h3-13H,2H2,1H3,(H,23,27). The number of benzene rings is 2. The molecule has 4 rings (SSSR count). The molecular formula is C21H17FN4O2. The first-order chi connectivity index (χ1) is 13.6. The molecule has 2 aromatic carbocycles. The van der Waals surface area contributed by atoms with Crippen LogP contribution in [0.15, 0.2) is 71.8 Å². The molecule has 0 saturated carbocycles. The van der Waals surface area contributed by atoms with E-state index in [0.717, 1.165) is 0 Å². The second-order valence-electron chi connectivity index (χ2n) is 6.25. The van der Waals surface area contributed by atoms with Crippen LogP contribution in [0.5, 0.6) is 0 Å². The molecule has 6 nitrogen and oxygen atoms in total. The smallest absolute Gasteiger partial charge is 0.282 e. The Balaban J connectivity index is 1.85. The SMILES string of the molecule is CCn1cc(C(=O)Nc2ccccc2F)c2nn(-c3ccccc3)c(=O)c-2c1. The molecule has 0 bridgehead atoms. The van der Waals surface area contributed by atoms with Gasteiger partial charge in [0.05, 0.1) is 22.5 Å². The minimum absolute atomic E-state index is 0.0670. The van der Waals surface area contributed by atoms with Gasteiger partial charge in [0.2, 0.25) is 0 Å². The van der Waals surface area contributed by atoms with Crippen LogP contribution in [0.2, 0.25) is 0 Å². The molecule has 2 aliphatic heterocycles. The van der Waals surface area contributed by atoms with Crippen molar-refractivity contribution in [1.29, 1.82) is 0 Å². The van der Waals surface area contributed by atoms with E-state index in [-0.39, 0.29) is 22.5 Å². The molecule has 0 atom stereocenters. The lowest BCUT2D eigenvalue weighted by Gasteiger charge is -2.11. The summed E-state index contributed by atoms with van der Waals surface area (Å²) in [5.41, 5.74) is 1.15. The number of aryl methyl sites for hydroxylation is 1. The first kappa shape index (κ1) is 17.7. The first-order valence-electron chi connectivity index (χ1n) is 8.82. The van der Waals surface area contributed by atoms with Crippen molar-refractivity contribution in [2.45, 2.75) is 13.5 Å². The number of aromatic nitrogens is 3. The number of amides is 1. The maximum Gasteiger partial charge on any atom is 0.282 e. The van der Waals surface area contributed by atoms with Gasteiger partial charge in [-0.15, -0.1) is 0 Å². The molecule has 7 heteroatoms. The van der Waals surface area contributed by atoms with E-state index < -0.39 is 11.7 Å². The van der Waals surface area contributed by atoms with Crippen LogP contribution in [0, 0.1) is 5.82 Å². The Kier molecular flexibility index (Phi) is 4.49. The van der Waals surface area contributed by atoms with E-state index in [1.807, 2.05) is 13.0 Å². The highest BCUT2D eigenvalue weighted by Crippen LogP contribution is 2.24. The van der Waals surface area contributed by atoms with Gasteiger partial charge in [-0.1, -0.05) is 30.3 Å². The number of fused-ring (bicyclic) bond motifs is 1. The maximum atomic E-state index is 13.9. The number of hydrogen-bond donors (Lipinski definition) is 1. The number of pyridine rings is 1. The zero-order valence-corrected chi connectivity index (χ0v) is 15.1. The summed E-state index contributed by atoms with van der Waals surface area (Å²) in [5.74, 6) is -1.07. The molecule has 2 aromatic rings. The lowest BCUT2D eigenvalue weighted by molar-refractivity contribution is 0.102. The van der Waals surface area contributed by atoms with E-state index in [9.17, 15) is 14.0 Å². The molecule has 2 heterocycles. The second-order valence-corrected chi connectivity index (χ2v) is 6.25. The summed E-state index contributed by atoms with van der Waals surface area (Å²) < 4.78 is 16.9. The van der Waals surface area contributed by atoms with Crippen LogP contribution < -0.4 is 10.9 Å². The van der Waals surface area contributed by atoms with E-state index in [1.54, 1.807) is 53.4 Å². The lowest BCUT2D eigenvalue weighted by Crippen LogP contribution is -2.18. The van der Waals surface area contributed by atoms with Gasteiger partial charge in [-0.25, -0.2) is 4.39 Å². The molecule has 140 valence electrons. The fourth-order valence-electron chi connectivity index (χ4n) is 3.01. The Hall–Kier alpha value is -3.74. The Bertz CT molecular complexity index is 1180. The van der Waals surface area contributed by atoms with Crippen molar-refractivity contribution < 1.29 is 9.18 Å². The quantitative estimate of drug-likeness (QED) is 0.592. The molecule has 0 radical (unpaired) electrons. The average Bonchev–Trinajstić information content (AvgIpc) is 3.06. The van der Waals surface area contributed by atoms with Gasteiger partial charge in [0.15, 0.2) is 0 Å². The summed E-state index contributed by atoms with van der Waals surface area (Å²) in [5, 5.41) is 6.94. The fourth-order valence-corrected chi connectivity index (χ4v) is 3.01. The highest BCUT2D eigenvalue weighted by molar-refractivity contribution is 6.08. The summed E-state index contributed by atoms with van der Waals surface area (Å²) in [6.07, 6.45) is 3.28. The van der Waals surface area contributed by atoms with Gasteiger partial charge in [0.1, 0.15) is 11.5 Å². The van der Waals surface area contributed by atoms with Crippen LogP contribution in [0.1, 0.15) is 17.3 Å². The number of hydrogen-bond acceptors (Lipinski definition) is 3. The number of halogens is 1. The van der Waals surface area contributed by atoms with Gasteiger partial charge < -0.3 is 9.88 Å². The van der Waals surface area contributed by atoms with Crippen molar-refractivity contribution in [3.8, 4) is 16.9 Å². The normalized spacial score (nSPS) is 10.9. The molecule has 28 heavy (non-hydrogen) atoms. The van der Waals surface area contributed by atoms with Crippen molar-refractivity contribution >= 4 is 11.6 Å². The minimum Gasteiger partial charge on any atom is -0.353 e. The average molecular weight is 376 g/mol. The molecule has 0 spiro atoms. The summed E-state index contributed by atoms with van der Waals surface area (Å²) >= 11 is 0. The number of anilines is 1. The number of nitrogens with zero attached hydrogens (tertiary/aromatic N) is 3. The van der Waals surface area contributed by atoms with Crippen molar-refractivity contribution in [3.63, 3.8) is 0 Å². The summed E-state index contributed by atoms with van der Waals surface area (Å²) in [6.45, 7) is 2.46. The van der Waals surface area contributed by atoms with Crippen LogP contribution in [0.25, 0.3) is 16.9 Å². The van der Waals surface area contributed by atoms with E-state index in [0.29, 0.717) is 17.8 Å². The number of para-hydroxylation sites is 2. The predicted molar refractivity (Wildman–Crippen MR) is 104 cm³/mol. The summed E-state index contributed by atoms with van der Waals surface area (Å²) in [6, 6.07) is 14.9. The highest BCUT2D eigenvalue weighted by atomic mass is 19.1. The van der Waals surface area contributed by atoms with Crippen LogP contribution in [0.4, 0.5) is 10.1 Å². The molecule has 2 aliphatic rings. The zero-order chi connectivity index (χ0) is 19.7. The second kappa shape index (κ2) is 7.11. The molecule has 0 aliphatic carbocycles. The van der Waals surface area contributed by atoms with Crippen molar-refractivity contribution in [1.82, 2.24) is 14.3 Å². The monoisotopic (exact) mass is 376 g/mol. The Labute approximate surface area is 160 Å². The third-order valence-electron chi connectivity index (χ3n) is 4.46. The minimum atomic E-state index is -0.536. The Morgan fingerprint density at radius 2 is 1.79 bits per heavy atom. The van der Waals surface area contributed by atoms with Crippen LogP contribution in [-0.2, 0) is 6.54 Å². The van der Waals surface area contributed by atoms with Gasteiger partial charge in [0, 0.05) is 18.9 Å². The molecule has 0 aromatic heterocycles. The van der Waals surface area contributed by atoms with Crippen LogP contribution in [-0.4, -0.2) is 20.3 Å². The highest BCUT2D eigenvalue weighted by Gasteiger charge is 2.24. The van der Waals surface area contributed by atoms with E-state index >= 15 is 0 Å². The van der Waals surface area contributed by atoms with E-state index in [4.69, 9.17) is 0 Å². The van der Waals surface area contributed by atoms with Gasteiger partial charge in [-0.3, -0.25) is 9.59 Å². The number of carbonyl (C=O) groups excluding carboxylic acids is 1. The topological polar surface area (TPSA) is 68.9 Å². The zero-order valence-electron chi connectivity index (χ0n) is 15.1. The Morgan fingerprint density at radius 3 is 2.50 bits per heavy atom. The van der Waals surface area contributed by atoms with Gasteiger partial charge >= 0.3 is 0 Å². The van der Waals surface area contributed by atoms with Crippen molar-refractivity contribution in [3.05, 3.63) is 88.7 Å². The van der Waals surface area contributed by atoms with Gasteiger partial charge in [-0.2, -0.15) is 9.78 Å². The molecule has 1 N–H and O–H groups in total. The molecule has 0 unspecified atom stereocenters. The number of rotatable bonds is 4. The van der Waals surface area contributed by atoms with Crippen LogP contribution >= 0.6 is 0 Å². The third-order valence-corrected chi connectivity index (χ3v) is 4.46. The van der Waals surface area contributed by atoms with E-state index in [2.05, 4.69) is 10.4 Å².